The van der Waals surface area contributed by atoms with E-state index in [2.05, 4.69) is 5.32 Å². The van der Waals surface area contributed by atoms with Gasteiger partial charge in [-0.05, 0) is 77.5 Å². The predicted molar refractivity (Wildman–Crippen MR) is 149 cm³/mol. The van der Waals surface area contributed by atoms with Gasteiger partial charge >= 0.3 is 10.1 Å². The smallest absolute Gasteiger partial charge is 0.339 e. The lowest BCUT2D eigenvalue weighted by Crippen LogP contribution is -2.27. The third-order valence-corrected chi connectivity index (χ3v) is 8.20. The summed E-state index contributed by atoms with van der Waals surface area (Å²) in [5.74, 6) is -1.80. The van der Waals surface area contributed by atoms with E-state index in [9.17, 15) is 27.2 Å². The Labute approximate surface area is 243 Å². The molecule has 0 aromatic heterocycles. The van der Waals surface area contributed by atoms with Gasteiger partial charge in [0.15, 0.2) is 5.75 Å². The van der Waals surface area contributed by atoms with Crippen LogP contribution in [0.4, 0.5) is 14.9 Å². The van der Waals surface area contributed by atoms with Gasteiger partial charge in [0.25, 0.3) is 11.1 Å². The second-order valence-corrected chi connectivity index (χ2v) is 11.6. The third kappa shape index (κ3) is 6.58. The number of thioether (sulfide) groups is 1. The van der Waals surface area contributed by atoms with E-state index in [1.165, 1.54) is 68.6 Å². The van der Waals surface area contributed by atoms with Crippen molar-refractivity contribution in [3.05, 3.63) is 86.5 Å². The molecule has 0 saturated carbocycles. The van der Waals surface area contributed by atoms with Gasteiger partial charge in [-0.3, -0.25) is 19.3 Å². The van der Waals surface area contributed by atoms with Gasteiger partial charge in [-0.25, -0.2) is 4.39 Å². The van der Waals surface area contributed by atoms with E-state index in [0.717, 1.165) is 11.0 Å². The normalized spacial score (nSPS) is 14.5. The fourth-order valence-corrected chi connectivity index (χ4v) is 5.90. The average Bonchev–Trinajstić information content (AvgIpc) is 3.14. The summed E-state index contributed by atoms with van der Waals surface area (Å²) in [7, 11) is -3.07. The van der Waals surface area contributed by atoms with E-state index >= 15 is 0 Å². The molecule has 0 atom stereocenters. The largest absolute Gasteiger partial charge is 0.493 e. The summed E-state index contributed by atoms with van der Waals surface area (Å²) in [5, 5.41) is 1.92. The topological polar surface area (TPSA) is 119 Å². The van der Waals surface area contributed by atoms with Crippen LogP contribution in [0.15, 0.2) is 64.4 Å². The molecule has 1 aliphatic heterocycles. The van der Waals surface area contributed by atoms with Crippen molar-refractivity contribution in [2.45, 2.75) is 18.4 Å². The lowest BCUT2D eigenvalue weighted by atomic mass is 10.1. The molecule has 1 heterocycles. The molecule has 1 N–H and O–H groups in total. The summed E-state index contributed by atoms with van der Waals surface area (Å²) >= 11 is 13.1. The highest BCUT2D eigenvalue weighted by atomic mass is 35.5. The van der Waals surface area contributed by atoms with E-state index in [1.54, 1.807) is 0 Å². The number of amides is 3. The van der Waals surface area contributed by atoms with E-state index in [4.69, 9.17) is 32.1 Å². The number of imide groups is 1. The molecule has 1 aliphatic rings. The fourth-order valence-electron chi connectivity index (χ4n) is 3.58. The maximum atomic E-state index is 13.4. The first-order valence-corrected chi connectivity index (χ1v) is 14.2. The third-order valence-electron chi connectivity index (χ3n) is 5.42. The summed E-state index contributed by atoms with van der Waals surface area (Å²) in [6.07, 6.45) is 1.39. The van der Waals surface area contributed by atoms with Crippen LogP contribution >= 0.6 is 35.0 Å². The van der Waals surface area contributed by atoms with Gasteiger partial charge in [-0.1, -0.05) is 29.3 Å². The molecule has 1 fully saturated rings. The van der Waals surface area contributed by atoms with Crippen LogP contribution in [-0.2, 0) is 26.3 Å². The SMILES string of the molecule is COc1cc(/C=C2\SC(=O)N(Cc3ccc(F)cc3Cl)C2=O)cc(Cl)c1OS(=O)(=O)c1ccc(NC(C)=O)cc1. The number of nitrogens with zero attached hydrogens (tertiary/aromatic N) is 1. The van der Waals surface area contributed by atoms with Crippen LogP contribution in [-0.4, -0.2) is 37.5 Å². The molecule has 0 spiro atoms. The quantitative estimate of drug-likeness (QED) is 0.236. The number of rotatable bonds is 8. The zero-order chi connectivity index (χ0) is 29.2. The maximum Gasteiger partial charge on any atom is 0.339 e. The number of anilines is 1. The van der Waals surface area contributed by atoms with Crippen molar-refractivity contribution in [1.29, 1.82) is 0 Å². The molecule has 3 aromatic carbocycles. The van der Waals surface area contributed by atoms with Crippen LogP contribution in [0.3, 0.4) is 0 Å². The molecule has 0 radical (unpaired) electrons. The molecule has 3 amide bonds. The Morgan fingerprint density at radius 3 is 2.40 bits per heavy atom. The predicted octanol–water partition coefficient (Wildman–Crippen LogP) is 6.10. The molecular formula is C26H19Cl2FN2O7S2. The number of nitrogens with one attached hydrogen (secondary N) is 1. The first kappa shape index (κ1) is 29.4. The second-order valence-electron chi connectivity index (χ2n) is 8.28. The molecule has 0 bridgehead atoms. The molecular weight excluding hydrogens is 606 g/mol. The maximum absolute atomic E-state index is 13.4. The standard InChI is InChI=1S/C26H19Cl2FN2O7S2/c1-14(32)30-18-5-7-19(8-6-18)40(35,36)38-24-21(28)9-15(10-22(24)37-2)11-23-25(33)31(26(34)39-23)13-16-3-4-17(29)12-20(16)27/h3-12H,13H2,1-2H3,(H,30,32)/b23-11-. The molecule has 9 nitrogen and oxygen atoms in total. The van der Waals surface area contributed by atoms with E-state index in [1.807, 2.05) is 0 Å². The number of carbonyl (C=O) groups is 3. The Morgan fingerprint density at radius 2 is 1.77 bits per heavy atom. The summed E-state index contributed by atoms with van der Waals surface area (Å²) in [6.45, 7) is 1.17. The molecule has 3 aromatic rings. The van der Waals surface area contributed by atoms with Crippen molar-refractivity contribution < 1.29 is 36.1 Å². The first-order valence-electron chi connectivity index (χ1n) is 11.3. The van der Waals surface area contributed by atoms with Crippen molar-refractivity contribution in [3.8, 4) is 11.5 Å². The van der Waals surface area contributed by atoms with Crippen LogP contribution in [0.1, 0.15) is 18.1 Å². The van der Waals surface area contributed by atoms with Gasteiger partial charge in [0.1, 0.15) is 10.7 Å². The number of hydrogen-bond acceptors (Lipinski definition) is 8. The van der Waals surface area contributed by atoms with E-state index < -0.39 is 27.1 Å². The minimum Gasteiger partial charge on any atom is -0.493 e. The summed E-state index contributed by atoms with van der Waals surface area (Å²) in [5.41, 5.74) is 1.12. The van der Waals surface area contributed by atoms with E-state index in [0.29, 0.717) is 28.6 Å². The molecule has 1 saturated heterocycles. The minimum atomic E-state index is -4.34. The number of ether oxygens (including phenoxy) is 1. The fraction of sp³-hybridized carbons (Fsp3) is 0.115. The number of benzene rings is 3. The average molecular weight is 625 g/mol. The number of halogens is 3. The summed E-state index contributed by atoms with van der Waals surface area (Å²) in [4.78, 5) is 37.5. The van der Waals surface area contributed by atoms with Crippen LogP contribution in [0.5, 0.6) is 11.5 Å². The van der Waals surface area contributed by atoms with Crippen molar-refractivity contribution in [2.24, 2.45) is 0 Å². The van der Waals surface area contributed by atoms with E-state index in [-0.39, 0.29) is 43.8 Å². The molecule has 4 rings (SSSR count). The van der Waals surface area contributed by atoms with Gasteiger partial charge in [0.2, 0.25) is 11.7 Å². The number of carbonyl (C=O) groups excluding carboxylic acids is 3. The van der Waals surface area contributed by atoms with Crippen molar-refractivity contribution in [2.75, 3.05) is 12.4 Å². The minimum absolute atomic E-state index is 0.0467. The molecule has 14 heteroatoms. The Bertz CT molecular complexity index is 1660. The zero-order valence-electron chi connectivity index (χ0n) is 20.7. The molecule has 0 unspecified atom stereocenters. The second kappa shape index (κ2) is 11.9. The molecule has 0 aliphatic carbocycles. The molecule has 40 heavy (non-hydrogen) atoms. The highest BCUT2D eigenvalue weighted by Gasteiger charge is 2.35. The zero-order valence-corrected chi connectivity index (χ0v) is 23.9. The van der Waals surface area contributed by atoms with Crippen molar-refractivity contribution >= 4 is 73.9 Å². The molecule has 208 valence electrons. The monoisotopic (exact) mass is 624 g/mol. The Balaban J connectivity index is 1.57. The van der Waals surface area contributed by atoms with Gasteiger partial charge in [-0.15, -0.1) is 0 Å². The van der Waals surface area contributed by atoms with Crippen molar-refractivity contribution in [3.63, 3.8) is 0 Å². The van der Waals surface area contributed by atoms with Crippen molar-refractivity contribution in [1.82, 2.24) is 4.90 Å². The summed E-state index contributed by atoms with van der Waals surface area (Å²) in [6, 6.07) is 11.7. The Kier molecular flexibility index (Phi) is 8.74. The lowest BCUT2D eigenvalue weighted by molar-refractivity contribution is -0.123. The van der Waals surface area contributed by atoms with Gasteiger partial charge in [0, 0.05) is 17.6 Å². The highest BCUT2D eigenvalue weighted by Crippen LogP contribution is 2.40. The Morgan fingerprint density at radius 1 is 1.07 bits per heavy atom. The number of hydrogen-bond donors (Lipinski definition) is 1. The highest BCUT2D eigenvalue weighted by molar-refractivity contribution is 8.18. The number of methoxy groups -OCH3 is 1. The van der Waals surface area contributed by atoms with Crippen LogP contribution in [0, 0.1) is 5.82 Å². The van der Waals surface area contributed by atoms with Gasteiger partial charge in [-0.2, -0.15) is 8.42 Å². The van der Waals surface area contributed by atoms with Gasteiger partial charge < -0.3 is 14.2 Å². The first-order chi connectivity index (χ1) is 18.9. The Hall–Kier alpha value is -3.58. The van der Waals surface area contributed by atoms with Crippen LogP contribution in [0.2, 0.25) is 10.0 Å². The lowest BCUT2D eigenvalue weighted by Gasteiger charge is -2.14. The van der Waals surface area contributed by atoms with Crippen LogP contribution < -0.4 is 14.2 Å². The van der Waals surface area contributed by atoms with Gasteiger partial charge in [0.05, 0.1) is 23.6 Å². The van der Waals surface area contributed by atoms with Crippen LogP contribution in [0.25, 0.3) is 6.08 Å². The summed E-state index contributed by atoms with van der Waals surface area (Å²) < 4.78 is 49.6.